The maximum Gasteiger partial charge on any atom is 0.101 e. The first-order valence-corrected chi connectivity index (χ1v) is 4.76. The van der Waals surface area contributed by atoms with Gasteiger partial charge in [0.25, 0.3) is 0 Å². The molecule has 12 heavy (non-hydrogen) atoms. The van der Waals surface area contributed by atoms with Crippen LogP contribution in [0, 0.1) is 11.3 Å². The number of hydrogen-bond donors (Lipinski definition) is 1. The maximum absolute atomic E-state index is 8.91. The molecule has 0 aromatic heterocycles. The Morgan fingerprint density at radius 3 is 2.58 bits per heavy atom. The van der Waals surface area contributed by atoms with Gasteiger partial charge < -0.3 is 5.11 Å². The largest absolute Gasteiger partial charge is 0.392 e. The van der Waals surface area contributed by atoms with E-state index >= 15 is 0 Å². The van der Waals surface area contributed by atoms with Crippen LogP contribution in [-0.4, -0.2) is 5.11 Å². The van der Waals surface area contributed by atoms with Gasteiger partial charge in [-0.25, -0.2) is 0 Å². The number of nitriles is 1. The normalized spacial score (nSPS) is 9.50. The summed E-state index contributed by atoms with van der Waals surface area (Å²) in [4.78, 5) is 0. The van der Waals surface area contributed by atoms with Crippen molar-refractivity contribution in [3.63, 3.8) is 0 Å². The summed E-state index contributed by atoms with van der Waals surface area (Å²) < 4.78 is 1.54. The highest BCUT2D eigenvalue weighted by Gasteiger charge is 2.06. The standard InChI is InChI=1S/C8H5Br2NO/c9-6-1-5(4-12)7(3-11)8(10)2-6/h1-2,12H,4H2. The highest BCUT2D eigenvalue weighted by molar-refractivity contribution is 9.11. The quantitative estimate of drug-likeness (QED) is 0.864. The molecule has 0 heterocycles. The summed E-state index contributed by atoms with van der Waals surface area (Å²) >= 11 is 6.50. The van der Waals surface area contributed by atoms with E-state index in [-0.39, 0.29) is 6.61 Å². The van der Waals surface area contributed by atoms with Crippen LogP contribution < -0.4 is 0 Å². The Morgan fingerprint density at radius 1 is 1.42 bits per heavy atom. The van der Waals surface area contributed by atoms with Crippen molar-refractivity contribution in [2.24, 2.45) is 0 Å². The monoisotopic (exact) mass is 289 g/mol. The average molecular weight is 291 g/mol. The topological polar surface area (TPSA) is 44.0 Å². The van der Waals surface area contributed by atoms with Crippen LogP contribution in [0.25, 0.3) is 0 Å². The van der Waals surface area contributed by atoms with Gasteiger partial charge in [0.1, 0.15) is 6.07 Å². The fourth-order valence-electron chi connectivity index (χ4n) is 0.877. The molecule has 0 amide bonds. The van der Waals surface area contributed by atoms with Crippen LogP contribution in [0.5, 0.6) is 0 Å². The molecule has 0 aliphatic carbocycles. The van der Waals surface area contributed by atoms with E-state index in [9.17, 15) is 0 Å². The number of rotatable bonds is 1. The van der Waals surface area contributed by atoms with Crippen molar-refractivity contribution in [3.8, 4) is 6.07 Å². The summed E-state index contributed by atoms with van der Waals surface area (Å²) in [5.41, 5.74) is 1.11. The molecule has 4 heteroatoms. The molecule has 0 aliphatic rings. The van der Waals surface area contributed by atoms with Gasteiger partial charge in [-0.1, -0.05) is 15.9 Å². The third kappa shape index (κ3) is 1.86. The van der Waals surface area contributed by atoms with Crippen LogP contribution in [0.3, 0.4) is 0 Å². The summed E-state index contributed by atoms with van der Waals surface area (Å²) in [6.45, 7) is -0.124. The molecule has 0 spiro atoms. The Kier molecular flexibility index (Phi) is 3.27. The lowest BCUT2D eigenvalue weighted by molar-refractivity contribution is 0.281. The number of benzene rings is 1. The molecule has 1 aromatic carbocycles. The predicted molar refractivity (Wildman–Crippen MR) is 52.5 cm³/mol. The molecular formula is C8H5Br2NO. The molecule has 1 rings (SSSR count). The molecule has 1 aromatic rings. The smallest absolute Gasteiger partial charge is 0.101 e. The van der Waals surface area contributed by atoms with E-state index in [1.54, 1.807) is 12.1 Å². The van der Waals surface area contributed by atoms with Crippen molar-refractivity contribution in [3.05, 3.63) is 32.2 Å². The predicted octanol–water partition coefficient (Wildman–Crippen LogP) is 2.58. The molecule has 0 unspecified atom stereocenters. The van der Waals surface area contributed by atoms with Gasteiger partial charge in [-0.2, -0.15) is 5.26 Å². The molecule has 0 bridgehead atoms. The lowest BCUT2D eigenvalue weighted by Gasteiger charge is -2.02. The summed E-state index contributed by atoms with van der Waals surface area (Å²) in [7, 11) is 0. The van der Waals surface area contributed by atoms with Gasteiger partial charge in [0.15, 0.2) is 0 Å². The van der Waals surface area contributed by atoms with Gasteiger partial charge in [-0.15, -0.1) is 0 Å². The zero-order valence-corrected chi connectivity index (χ0v) is 9.18. The summed E-state index contributed by atoms with van der Waals surface area (Å²) in [6.07, 6.45) is 0. The first-order chi connectivity index (χ1) is 5.69. The van der Waals surface area contributed by atoms with Gasteiger partial charge >= 0.3 is 0 Å². The van der Waals surface area contributed by atoms with Crippen LogP contribution in [0.15, 0.2) is 21.1 Å². The van der Waals surface area contributed by atoms with E-state index in [0.29, 0.717) is 15.6 Å². The van der Waals surface area contributed by atoms with Gasteiger partial charge in [0, 0.05) is 8.95 Å². The number of hydrogen-bond acceptors (Lipinski definition) is 2. The van der Waals surface area contributed by atoms with Crippen LogP contribution in [0.4, 0.5) is 0 Å². The molecule has 1 N–H and O–H groups in total. The van der Waals surface area contributed by atoms with Gasteiger partial charge in [0.05, 0.1) is 12.2 Å². The summed E-state index contributed by atoms with van der Waals surface area (Å²) in [6, 6.07) is 5.52. The second-order valence-electron chi connectivity index (χ2n) is 2.19. The SMILES string of the molecule is N#Cc1c(Br)cc(Br)cc1CO. The molecule has 0 radical (unpaired) electrons. The Balaban J connectivity index is 3.36. The number of nitrogens with zero attached hydrogens (tertiary/aromatic N) is 1. The lowest BCUT2D eigenvalue weighted by atomic mass is 10.1. The Hall–Kier alpha value is -0.370. The third-order valence-corrected chi connectivity index (χ3v) is 2.50. The first-order valence-electron chi connectivity index (χ1n) is 3.18. The Morgan fingerprint density at radius 2 is 2.08 bits per heavy atom. The zero-order chi connectivity index (χ0) is 9.14. The van der Waals surface area contributed by atoms with Crippen LogP contribution in [-0.2, 0) is 6.61 Å². The van der Waals surface area contributed by atoms with E-state index in [4.69, 9.17) is 10.4 Å². The van der Waals surface area contributed by atoms with E-state index in [2.05, 4.69) is 31.9 Å². The van der Waals surface area contributed by atoms with Crippen molar-refractivity contribution in [2.45, 2.75) is 6.61 Å². The number of aliphatic hydroxyl groups is 1. The lowest BCUT2D eigenvalue weighted by Crippen LogP contribution is -1.90. The van der Waals surface area contributed by atoms with E-state index in [0.717, 1.165) is 4.47 Å². The van der Waals surface area contributed by atoms with Crippen molar-refractivity contribution in [2.75, 3.05) is 0 Å². The molecule has 0 saturated heterocycles. The van der Waals surface area contributed by atoms with Crippen molar-refractivity contribution < 1.29 is 5.11 Å². The summed E-state index contributed by atoms with van der Waals surface area (Å²) in [5.74, 6) is 0. The van der Waals surface area contributed by atoms with E-state index in [1.165, 1.54) is 0 Å². The minimum Gasteiger partial charge on any atom is -0.392 e. The van der Waals surface area contributed by atoms with E-state index in [1.807, 2.05) is 6.07 Å². The minimum atomic E-state index is -0.124. The molecule has 0 aliphatic heterocycles. The second-order valence-corrected chi connectivity index (χ2v) is 3.96. The summed E-state index contributed by atoms with van der Waals surface area (Å²) in [5, 5.41) is 17.6. The molecule has 62 valence electrons. The van der Waals surface area contributed by atoms with Gasteiger partial charge in [-0.05, 0) is 33.6 Å². The molecule has 0 atom stereocenters. The van der Waals surface area contributed by atoms with Crippen molar-refractivity contribution in [1.82, 2.24) is 0 Å². The van der Waals surface area contributed by atoms with Gasteiger partial charge in [-0.3, -0.25) is 0 Å². The minimum absolute atomic E-state index is 0.124. The van der Waals surface area contributed by atoms with Crippen LogP contribution in [0.1, 0.15) is 11.1 Å². The van der Waals surface area contributed by atoms with Crippen molar-refractivity contribution in [1.29, 1.82) is 5.26 Å². The molecule has 0 saturated carbocycles. The van der Waals surface area contributed by atoms with Crippen LogP contribution in [0.2, 0.25) is 0 Å². The number of aliphatic hydroxyl groups excluding tert-OH is 1. The fraction of sp³-hybridized carbons (Fsp3) is 0.125. The molecule has 2 nitrogen and oxygen atoms in total. The highest BCUT2D eigenvalue weighted by atomic mass is 79.9. The molecule has 0 fully saturated rings. The van der Waals surface area contributed by atoms with Crippen molar-refractivity contribution >= 4 is 31.9 Å². The maximum atomic E-state index is 8.91. The Labute approximate surface area is 87.1 Å². The first kappa shape index (κ1) is 9.72. The highest BCUT2D eigenvalue weighted by Crippen LogP contribution is 2.25. The average Bonchev–Trinajstić information content (AvgIpc) is 2.03. The fourth-order valence-corrected chi connectivity index (χ4v) is 2.28. The molecular weight excluding hydrogens is 286 g/mol. The number of halogens is 2. The Bertz CT molecular complexity index is 344. The third-order valence-electron chi connectivity index (χ3n) is 1.42. The second kappa shape index (κ2) is 4.04. The van der Waals surface area contributed by atoms with E-state index < -0.39 is 0 Å². The van der Waals surface area contributed by atoms with Crippen LogP contribution >= 0.6 is 31.9 Å². The van der Waals surface area contributed by atoms with Gasteiger partial charge in [0.2, 0.25) is 0 Å². The zero-order valence-electron chi connectivity index (χ0n) is 6.01.